The lowest BCUT2D eigenvalue weighted by Gasteiger charge is -2.11. The van der Waals surface area contributed by atoms with Gasteiger partial charge in [0.25, 0.3) is 0 Å². The third kappa shape index (κ3) is 3.51. The van der Waals surface area contributed by atoms with Crippen molar-refractivity contribution < 1.29 is 14.7 Å². The highest BCUT2D eigenvalue weighted by Gasteiger charge is 2.06. The summed E-state index contributed by atoms with van der Waals surface area (Å²) < 4.78 is 11.0. The number of benzene rings is 2. The van der Waals surface area contributed by atoms with Gasteiger partial charge in [0.1, 0.15) is 6.61 Å². The largest absolute Gasteiger partial charge is 0.493 e. The van der Waals surface area contributed by atoms with Crippen molar-refractivity contribution in [3.05, 3.63) is 59.2 Å². The smallest absolute Gasteiger partial charge is 0.162 e. The number of ether oxygens (including phenoxy) is 2. The van der Waals surface area contributed by atoms with Crippen LogP contribution in [0.1, 0.15) is 16.7 Å². The maximum absolute atomic E-state index is 8.57. The van der Waals surface area contributed by atoms with Crippen LogP contribution >= 0.6 is 0 Å². The van der Waals surface area contributed by atoms with Crippen LogP contribution in [0.3, 0.4) is 0 Å². The Morgan fingerprint density at radius 2 is 2.00 bits per heavy atom. The van der Waals surface area contributed by atoms with Crippen LogP contribution in [0.25, 0.3) is 0 Å². The number of hydrogen-bond donors (Lipinski definition) is 1. The summed E-state index contributed by atoms with van der Waals surface area (Å²) in [5.74, 6) is 1.26. The van der Waals surface area contributed by atoms with Crippen molar-refractivity contribution in [3.8, 4) is 11.5 Å². The number of rotatable bonds is 5. The summed E-state index contributed by atoms with van der Waals surface area (Å²) in [6, 6.07) is 13.5. The Hall–Kier alpha value is -2.49. The van der Waals surface area contributed by atoms with Crippen molar-refractivity contribution >= 4 is 6.21 Å². The molecule has 0 aliphatic rings. The van der Waals surface area contributed by atoms with Gasteiger partial charge in [0.15, 0.2) is 11.5 Å². The molecule has 20 heavy (non-hydrogen) atoms. The molecule has 0 atom stereocenters. The molecule has 0 amide bonds. The molecule has 0 saturated carbocycles. The number of methoxy groups -OCH3 is 1. The molecule has 2 aromatic carbocycles. The second kappa shape index (κ2) is 6.61. The Morgan fingerprint density at radius 1 is 1.15 bits per heavy atom. The summed E-state index contributed by atoms with van der Waals surface area (Å²) in [5, 5.41) is 11.6. The van der Waals surface area contributed by atoms with Crippen molar-refractivity contribution in [1.29, 1.82) is 0 Å². The number of nitrogens with zero attached hydrogens (tertiary/aromatic N) is 1. The van der Waals surface area contributed by atoms with Gasteiger partial charge >= 0.3 is 0 Å². The van der Waals surface area contributed by atoms with Gasteiger partial charge < -0.3 is 14.7 Å². The van der Waals surface area contributed by atoms with Gasteiger partial charge in [0, 0.05) is 5.56 Å². The zero-order valence-electron chi connectivity index (χ0n) is 11.5. The fraction of sp³-hybridized carbons (Fsp3) is 0.188. The summed E-state index contributed by atoms with van der Waals surface area (Å²) in [7, 11) is 1.59. The van der Waals surface area contributed by atoms with E-state index in [2.05, 4.69) is 11.2 Å². The van der Waals surface area contributed by atoms with Crippen LogP contribution < -0.4 is 9.47 Å². The molecule has 4 nitrogen and oxygen atoms in total. The predicted octanol–water partition coefficient (Wildman–Crippen LogP) is 3.39. The molecule has 0 aromatic heterocycles. The monoisotopic (exact) mass is 271 g/mol. The van der Waals surface area contributed by atoms with Crippen LogP contribution in [-0.2, 0) is 6.61 Å². The van der Waals surface area contributed by atoms with E-state index in [-0.39, 0.29) is 0 Å². The molecule has 0 heterocycles. The molecule has 0 saturated heterocycles. The second-order valence-electron chi connectivity index (χ2n) is 4.43. The van der Waals surface area contributed by atoms with Crippen LogP contribution in [0.4, 0.5) is 0 Å². The molecule has 2 rings (SSSR count). The Bertz CT molecular complexity index is 608. The fourth-order valence-corrected chi connectivity index (χ4v) is 1.92. The maximum atomic E-state index is 8.57. The summed E-state index contributed by atoms with van der Waals surface area (Å²) in [6.07, 6.45) is 1.35. The van der Waals surface area contributed by atoms with E-state index in [0.717, 1.165) is 11.1 Å². The molecule has 104 valence electrons. The first kappa shape index (κ1) is 13.9. The Morgan fingerprint density at radius 3 is 2.70 bits per heavy atom. The molecule has 0 unspecified atom stereocenters. The quantitative estimate of drug-likeness (QED) is 0.515. The van der Waals surface area contributed by atoms with Crippen molar-refractivity contribution in [1.82, 2.24) is 0 Å². The average molecular weight is 271 g/mol. The second-order valence-corrected chi connectivity index (χ2v) is 4.43. The van der Waals surface area contributed by atoms with E-state index in [0.29, 0.717) is 18.1 Å². The van der Waals surface area contributed by atoms with Crippen molar-refractivity contribution in [3.63, 3.8) is 0 Å². The lowest BCUT2D eigenvalue weighted by Crippen LogP contribution is -1.99. The molecule has 0 aliphatic carbocycles. The minimum atomic E-state index is 0.456. The van der Waals surface area contributed by atoms with Gasteiger partial charge in [-0.2, -0.15) is 0 Å². The molecule has 0 radical (unpaired) electrons. The van der Waals surface area contributed by atoms with Gasteiger partial charge in [-0.05, 0) is 30.7 Å². The van der Waals surface area contributed by atoms with Crippen LogP contribution in [0.5, 0.6) is 11.5 Å². The van der Waals surface area contributed by atoms with Gasteiger partial charge in [-0.3, -0.25) is 0 Å². The van der Waals surface area contributed by atoms with E-state index < -0.39 is 0 Å². The maximum Gasteiger partial charge on any atom is 0.162 e. The Kier molecular flexibility index (Phi) is 4.60. The Balaban J connectivity index is 2.17. The topological polar surface area (TPSA) is 51.0 Å². The van der Waals surface area contributed by atoms with E-state index in [1.165, 1.54) is 11.8 Å². The lowest BCUT2D eigenvalue weighted by atomic mass is 10.1. The molecular weight excluding hydrogens is 254 g/mol. The zero-order valence-corrected chi connectivity index (χ0v) is 11.5. The summed E-state index contributed by atoms with van der Waals surface area (Å²) in [6.45, 7) is 2.50. The summed E-state index contributed by atoms with van der Waals surface area (Å²) >= 11 is 0. The van der Waals surface area contributed by atoms with Crippen LogP contribution in [0.2, 0.25) is 0 Å². The first-order valence-electron chi connectivity index (χ1n) is 6.27. The van der Waals surface area contributed by atoms with Gasteiger partial charge in [0.05, 0.1) is 13.3 Å². The predicted molar refractivity (Wildman–Crippen MR) is 77.9 cm³/mol. The minimum Gasteiger partial charge on any atom is -0.493 e. The first-order valence-corrected chi connectivity index (χ1v) is 6.27. The van der Waals surface area contributed by atoms with Crippen molar-refractivity contribution in [2.45, 2.75) is 13.5 Å². The number of oxime groups is 1. The lowest BCUT2D eigenvalue weighted by molar-refractivity contribution is 0.284. The molecule has 0 spiro atoms. The average Bonchev–Trinajstić information content (AvgIpc) is 2.46. The van der Waals surface area contributed by atoms with E-state index in [1.807, 2.05) is 25.1 Å². The minimum absolute atomic E-state index is 0.456. The van der Waals surface area contributed by atoms with E-state index in [4.69, 9.17) is 14.7 Å². The van der Waals surface area contributed by atoms with E-state index in [1.54, 1.807) is 25.3 Å². The van der Waals surface area contributed by atoms with Crippen molar-refractivity contribution in [2.24, 2.45) is 5.16 Å². The van der Waals surface area contributed by atoms with Crippen LogP contribution in [0, 0.1) is 6.92 Å². The SMILES string of the molecule is COc1ccc(/C=N/O)cc1OCc1cccc(C)c1. The number of hydrogen-bond acceptors (Lipinski definition) is 4. The fourth-order valence-electron chi connectivity index (χ4n) is 1.92. The Labute approximate surface area is 118 Å². The highest BCUT2D eigenvalue weighted by Crippen LogP contribution is 2.28. The molecule has 2 aromatic rings. The van der Waals surface area contributed by atoms with Gasteiger partial charge in [-0.25, -0.2) is 0 Å². The normalized spacial score (nSPS) is 10.7. The van der Waals surface area contributed by atoms with Crippen LogP contribution in [-0.4, -0.2) is 18.5 Å². The third-order valence-electron chi connectivity index (χ3n) is 2.87. The summed E-state index contributed by atoms with van der Waals surface area (Å²) in [4.78, 5) is 0. The van der Waals surface area contributed by atoms with Gasteiger partial charge in [-0.15, -0.1) is 0 Å². The highest BCUT2D eigenvalue weighted by molar-refractivity contribution is 5.80. The zero-order chi connectivity index (χ0) is 14.4. The molecule has 0 bridgehead atoms. The van der Waals surface area contributed by atoms with E-state index in [9.17, 15) is 0 Å². The first-order chi connectivity index (χ1) is 9.72. The molecule has 1 N–H and O–H groups in total. The highest BCUT2D eigenvalue weighted by atomic mass is 16.5. The molecular formula is C16H17NO3. The van der Waals surface area contributed by atoms with Gasteiger partial charge in [-0.1, -0.05) is 35.0 Å². The third-order valence-corrected chi connectivity index (χ3v) is 2.87. The molecule has 0 aliphatic heterocycles. The standard InChI is InChI=1S/C16H17NO3/c1-12-4-3-5-14(8-12)11-20-16-9-13(10-17-18)6-7-15(16)19-2/h3-10,18H,11H2,1-2H3/b17-10+. The van der Waals surface area contributed by atoms with Crippen molar-refractivity contribution in [2.75, 3.05) is 7.11 Å². The van der Waals surface area contributed by atoms with E-state index >= 15 is 0 Å². The summed E-state index contributed by atoms with van der Waals surface area (Å²) in [5.41, 5.74) is 3.03. The van der Waals surface area contributed by atoms with Crippen LogP contribution in [0.15, 0.2) is 47.6 Å². The van der Waals surface area contributed by atoms with Gasteiger partial charge in [0.2, 0.25) is 0 Å². The molecule has 4 heteroatoms. The number of aryl methyl sites for hydroxylation is 1. The molecule has 0 fully saturated rings.